The van der Waals surface area contributed by atoms with Crippen LogP contribution in [0.2, 0.25) is 0 Å². The smallest absolute Gasteiger partial charge is 0.133 e. The van der Waals surface area contributed by atoms with E-state index in [0.717, 1.165) is 25.2 Å². The molecule has 1 aromatic heterocycles. The number of aromatic nitrogens is 3. The Bertz CT molecular complexity index is 406. The molecule has 15 heavy (non-hydrogen) atoms. The maximum Gasteiger partial charge on any atom is 0.133 e. The summed E-state index contributed by atoms with van der Waals surface area (Å²) < 4.78 is 2.09. The van der Waals surface area contributed by atoms with E-state index in [1.807, 2.05) is 6.07 Å². The molecule has 0 aliphatic rings. The van der Waals surface area contributed by atoms with E-state index < -0.39 is 0 Å². The predicted molar refractivity (Wildman–Crippen MR) is 59.5 cm³/mol. The maximum absolute atomic E-state index is 4.12. The molecule has 0 spiro atoms. The molecule has 2 aromatic rings. The zero-order chi connectivity index (χ0) is 10.5. The molecule has 1 heterocycles. The molecule has 0 radical (unpaired) electrons. The van der Waals surface area contributed by atoms with Crippen molar-refractivity contribution in [2.75, 3.05) is 0 Å². The highest BCUT2D eigenvalue weighted by atomic mass is 15.3. The zero-order valence-electron chi connectivity index (χ0n) is 8.93. The summed E-state index contributed by atoms with van der Waals surface area (Å²) in [5, 5.41) is 8.03. The second kappa shape index (κ2) is 4.73. The monoisotopic (exact) mass is 201 g/mol. The van der Waals surface area contributed by atoms with Gasteiger partial charge in [-0.3, -0.25) is 0 Å². The summed E-state index contributed by atoms with van der Waals surface area (Å²) in [7, 11) is 0. The molecule has 0 fully saturated rings. The van der Waals surface area contributed by atoms with Crippen LogP contribution in [0.15, 0.2) is 36.7 Å². The molecule has 2 rings (SSSR count). The molecule has 0 saturated carbocycles. The van der Waals surface area contributed by atoms with Gasteiger partial charge in [-0.2, -0.15) is 0 Å². The zero-order valence-corrected chi connectivity index (χ0v) is 8.93. The van der Waals surface area contributed by atoms with Crippen LogP contribution in [0.25, 0.3) is 0 Å². The number of nitrogens with zero attached hydrogens (tertiary/aromatic N) is 3. The summed E-state index contributed by atoms with van der Waals surface area (Å²) >= 11 is 0. The molecule has 0 amide bonds. The second-order valence-electron chi connectivity index (χ2n) is 3.52. The van der Waals surface area contributed by atoms with E-state index in [9.17, 15) is 0 Å². The van der Waals surface area contributed by atoms with E-state index in [1.54, 1.807) is 6.33 Å². The Hall–Kier alpha value is -1.64. The van der Waals surface area contributed by atoms with Gasteiger partial charge in [0.05, 0.1) is 0 Å². The molecule has 0 atom stereocenters. The average molecular weight is 201 g/mol. The van der Waals surface area contributed by atoms with Gasteiger partial charge in [-0.25, -0.2) is 0 Å². The first-order chi connectivity index (χ1) is 7.40. The molecule has 0 bridgehead atoms. The van der Waals surface area contributed by atoms with Crippen molar-refractivity contribution in [1.82, 2.24) is 14.8 Å². The summed E-state index contributed by atoms with van der Waals surface area (Å²) in [6, 6.07) is 10.5. The van der Waals surface area contributed by atoms with E-state index >= 15 is 0 Å². The van der Waals surface area contributed by atoms with Crippen LogP contribution in [0.4, 0.5) is 0 Å². The Kier molecular flexibility index (Phi) is 3.12. The lowest BCUT2D eigenvalue weighted by Gasteiger charge is -2.02. The molecule has 3 heteroatoms. The van der Waals surface area contributed by atoms with Crippen molar-refractivity contribution in [3.63, 3.8) is 0 Å². The van der Waals surface area contributed by atoms with E-state index in [0.29, 0.717) is 0 Å². The normalized spacial score (nSPS) is 10.5. The molecule has 3 nitrogen and oxygen atoms in total. The minimum atomic E-state index is 0.942. The minimum absolute atomic E-state index is 0.942. The van der Waals surface area contributed by atoms with Crippen molar-refractivity contribution in [3.05, 3.63) is 48.0 Å². The van der Waals surface area contributed by atoms with Crippen LogP contribution in [0.3, 0.4) is 0 Å². The fraction of sp³-hybridized carbons (Fsp3) is 0.333. The Balaban J connectivity index is 1.99. The van der Waals surface area contributed by atoms with Crippen LogP contribution in [0.5, 0.6) is 0 Å². The number of hydrogen-bond acceptors (Lipinski definition) is 2. The van der Waals surface area contributed by atoms with Crippen molar-refractivity contribution in [1.29, 1.82) is 0 Å². The first kappa shape index (κ1) is 9.90. The Labute approximate surface area is 89.8 Å². The average Bonchev–Trinajstić information content (AvgIpc) is 2.75. The molecule has 0 aliphatic heterocycles. The van der Waals surface area contributed by atoms with Gasteiger partial charge in [0.2, 0.25) is 0 Å². The molecule has 0 saturated heterocycles. The third kappa shape index (κ3) is 2.43. The molecule has 78 valence electrons. The highest BCUT2D eigenvalue weighted by Gasteiger charge is 2.02. The maximum atomic E-state index is 4.12. The van der Waals surface area contributed by atoms with Crippen LogP contribution >= 0.6 is 0 Å². The van der Waals surface area contributed by atoms with Crippen molar-refractivity contribution < 1.29 is 0 Å². The third-order valence-electron chi connectivity index (χ3n) is 2.52. The van der Waals surface area contributed by atoms with Crippen molar-refractivity contribution in [2.45, 2.75) is 26.3 Å². The largest absolute Gasteiger partial charge is 0.318 e. The Morgan fingerprint density at radius 1 is 1.13 bits per heavy atom. The van der Waals surface area contributed by atoms with Crippen LogP contribution in [-0.2, 0) is 19.4 Å². The van der Waals surface area contributed by atoms with E-state index in [4.69, 9.17) is 0 Å². The predicted octanol–water partition coefficient (Wildman–Crippen LogP) is 2.08. The van der Waals surface area contributed by atoms with Crippen molar-refractivity contribution in [3.8, 4) is 0 Å². The summed E-state index contributed by atoms with van der Waals surface area (Å²) in [5.41, 5.74) is 1.35. The first-order valence-electron chi connectivity index (χ1n) is 5.30. The summed E-state index contributed by atoms with van der Waals surface area (Å²) in [4.78, 5) is 0. The molecule has 0 unspecified atom stereocenters. The third-order valence-corrected chi connectivity index (χ3v) is 2.52. The van der Waals surface area contributed by atoms with E-state index in [-0.39, 0.29) is 0 Å². The summed E-state index contributed by atoms with van der Waals surface area (Å²) in [6.45, 7) is 3.05. The fourth-order valence-corrected chi connectivity index (χ4v) is 1.64. The molecule has 1 aromatic carbocycles. The highest BCUT2D eigenvalue weighted by molar-refractivity contribution is 5.15. The number of hydrogen-bond donors (Lipinski definition) is 0. The van der Waals surface area contributed by atoms with Crippen LogP contribution in [-0.4, -0.2) is 14.8 Å². The van der Waals surface area contributed by atoms with Gasteiger partial charge in [-0.1, -0.05) is 30.3 Å². The molecule has 0 N–H and O–H groups in total. The topological polar surface area (TPSA) is 30.7 Å². The summed E-state index contributed by atoms with van der Waals surface area (Å²) in [5.74, 6) is 1.07. The van der Waals surface area contributed by atoms with Gasteiger partial charge < -0.3 is 4.57 Å². The van der Waals surface area contributed by atoms with Crippen LogP contribution in [0, 0.1) is 0 Å². The standard InChI is InChI=1S/C12H15N3/c1-2-15-10-13-14-12(15)9-8-11-6-4-3-5-7-11/h3-7,10H,2,8-9H2,1H3. The van der Waals surface area contributed by atoms with Gasteiger partial charge in [-0.05, 0) is 18.9 Å². The van der Waals surface area contributed by atoms with Gasteiger partial charge in [0.25, 0.3) is 0 Å². The van der Waals surface area contributed by atoms with Crippen molar-refractivity contribution >= 4 is 0 Å². The SMILES string of the molecule is CCn1cnnc1CCc1ccccc1. The van der Waals surface area contributed by atoms with Gasteiger partial charge >= 0.3 is 0 Å². The number of benzene rings is 1. The lowest BCUT2D eigenvalue weighted by Crippen LogP contribution is -2.02. The molecular formula is C12H15N3. The van der Waals surface area contributed by atoms with Crippen molar-refractivity contribution in [2.24, 2.45) is 0 Å². The van der Waals surface area contributed by atoms with Crippen LogP contribution in [0.1, 0.15) is 18.3 Å². The number of aryl methyl sites for hydroxylation is 3. The van der Waals surface area contributed by atoms with Crippen LogP contribution < -0.4 is 0 Å². The Morgan fingerprint density at radius 3 is 2.67 bits per heavy atom. The summed E-state index contributed by atoms with van der Waals surface area (Å²) in [6.07, 6.45) is 3.78. The second-order valence-corrected chi connectivity index (χ2v) is 3.52. The number of rotatable bonds is 4. The lowest BCUT2D eigenvalue weighted by molar-refractivity contribution is 0.689. The highest BCUT2D eigenvalue weighted by Crippen LogP contribution is 2.04. The van der Waals surface area contributed by atoms with E-state index in [2.05, 4.69) is 46.0 Å². The van der Waals surface area contributed by atoms with Gasteiger partial charge in [-0.15, -0.1) is 10.2 Å². The van der Waals surface area contributed by atoms with Gasteiger partial charge in [0, 0.05) is 13.0 Å². The van der Waals surface area contributed by atoms with E-state index in [1.165, 1.54) is 5.56 Å². The molecule has 0 aliphatic carbocycles. The Morgan fingerprint density at radius 2 is 1.93 bits per heavy atom. The lowest BCUT2D eigenvalue weighted by atomic mass is 10.1. The first-order valence-corrected chi connectivity index (χ1v) is 5.30. The minimum Gasteiger partial charge on any atom is -0.318 e. The van der Waals surface area contributed by atoms with Gasteiger partial charge in [0.15, 0.2) is 0 Å². The quantitative estimate of drug-likeness (QED) is 0.758. The van der Waals surface area contributed by atoms with Gasteiger partial charge in [0.1, 0.15) is 12.2 Å². The molecular weight excluding hydrogens is 186 g/mol. The fourth-order valence-electron chi connectivity index (χ4n) is 1.64.